The van der Waals surface area contributed by atoms with Gasteiger partial charge in [0.25, 0.3) is 0 Å². The van der Waals surface area contributed by atoms with E-state index in [0.29, 0.717) is 38.5 Å². The molecule has 0 atom stereocenters. The monoisotopic (exact) mass is 448 g/mol. The van der Waals surface area contributed by atoms with Crippen LogP contribution in [0.3, 0.4) is 0 Å². The minimum atomic E-state index is -0.148. The van der Waals surface area contributed by atoms with Gasteiger partial charge in [-0.25, -0.2) is 4.98 Å². The molecule has 2 heterocycles. The maximum atomic E-state index is 11.8. The van der Waals surface area contributed by atoms with Gasteiger partial charge in [0.1, 0.15) is 11.5 Å². The second kappa shape index (κ2) is 10.6. The van der Waals surface area contributed by atoms with E-state index in [9.17, 15) is 4.79 Å². The summed E-state index contributed by atoms with van der Waals surface area (Å²) in [6, 6.07) is 14.4. The van der Waals surface area contributed by atoms with E-state index < -0.39 is 0 Å². The molecular formula is C27H32N2O4. The number of aryl methyl sites for hydroxylation is 2. The second-order valence-electron chi connectivity index (χ2n) is 8.39. The summed E-state index contributed by atoms with van der Waals surface area (Å²) in [6.45, 7) is 8.40. The van der Waals surface area contributed by atoms with Crippen molar-refractivity contribution in [3.63, 3.8) is 0 Å². The van der Waals surface area contributed by atoms with Gasteiger partial charge in [0, 0.05) is 36.3 Å². The first-order valence-electron chi connectivity index (χ1n) is 11.7. The highest BCUT2D eigenvalue weighted by Crippen LogP contribution is 2.34. The van der Waals surface area contributed by atoms with E-state index in [1.807, 2.05) is 38.1 Å². The Morgan fingerprint density at radius 1 is 1.15 bits per heavy atom. The van der Waals surface area contributed by atoms with Crippen molar-refractivity contribution in [2.24, 2.45) is 0 Å². The first kappa shape index (κ1) is 22.9. The van der Waals surface area contributed by atoms with Gasteiger partial charge in [-0.1, -0.05) is 23.8 Å². The van der Waals surface area contributed by atoms with Crippen LogP contribution in [0.5, 0.6) is 5.75 Å². The number of hydrogen-bond donors (Lipinski definition) is 0. The van der Waals surface area contributed by atoms with Crippen molar-refractivity contribution >= 4 is 11.7 Å². The lowest BCUT2D eigenvalue weighted by Gasteiger charge is -2.32. The molecule has 1 aliphatic rings. The molecule has 3 aromatic rings. The third-order valence-corrected chi connectivity index (χ3v) is 5.98. The summed E-state index contributed by atoms with van der Waals surface area (Å²) in [5.74, 6) is 2.24. The fourth-order valence-corrected chi connectivity index (χ4v) is 4.23. The molecular weight excluding hydrogens is 416 g/mol. The fourth-order valence-electron chi connectivity index (χ4n) is 4.23. The number of anilines is 1. The summed E-state index contributed by atoms with van der Waals surface area (Å²) >= 11 is 0. The van der Waals surface area contributed by atoms with Gasteiger partial charge >= 0.3 is 5.97 Å². The van der Waals surface area contributed by atoms with Gasteiger partial charge < -0.3 is 18.8 Å². The standard InChI is InChI=1S/C27H32N2O4/c1-4-31-26(30)14-17-29-16-6-7-22-24(29)8-5-9-25(22)32-18-15-23-20(3)33-27(28-23)21-12-10-19(2)11-13-21/h5,8-13H,4,6-7,14-18H2,1-3H3. The van der Waals surface area contributed by atoms with Crippen LogP contribution >= 0.6 is 0 Å². The van der Waals surface area contributed by atoms with E-state index in [1.54, 1.807) is 0 Å². The number of hydrogen-bond acceptors (Lipinski definition) is 6. The Hall–Kier alpha value is -3.28. The third-order valence-electron chi connectivity index (χ3n) is 5.98. The Morgan fingerprint density at radius 2 is 1.97 bits per heavy atom. The van der Waals surface area contributed by atoms with Crippen LogP contribution in [0.4, 0.5) is 5.69 Å². The summed E-state index contributed by atoms with van der Waals surface area (Å²) in [7, 11) is 0. The Bertz CT molecular complexity index is 1090. The van der Waals surface area contributed by atoms with E-state index in [0.717, 1.165) is 47.8 Å². The number of aromatic nitrogens is 1. The van der Waals surface area contributed by atoms with Crippen molar-refractivity contribution in [3.05, 3.63) is 65.0 Å². The SMILES string of the molecule is CCOC(=O)CCN1CCCc2c(OCCc3nc(-c4ccc(C)cc4)oc3C)cccc21. The van der Waals surface area contributed by atoms with Crippen LogP contribution in [0.2, 0.25) is 0 Å². The van der Waals surface area contributed by atoms with Crippen LogP contribution in [0.15, 0.2) is 46.9 Å². The van der Waals surface area contributed by atoms with Crippen molar-refractivity contribution in [2.45, 2.75) is 46.5 Å². The molecule has 0 saturated carbocycles. The first-order chi connectivity index (χ1) is 16.0. The molecule has 0 bridgehead atoms. The van der Waals surface area contributed by atoms with Crippen molar-refractivity contribution in [2.75, 3.05) is 31.2 Å². The van der Waals surface area contributed by atoms with Crippen molar-refractivity contribution in [1.82, 2.24) is 4.98 Å². The van der Waals surface area contributed by atoms with Crippen LogP contribution in [-0.4, -0.2) is 37.3 Å². The molecule has 0 unspecified atom stereocenters. The third kappa shape index (κ3) is 5.56. The smallest absolute Gasteiger partial charge is 0.307 e. The number of ether oxygens (including phenoxy) is 2. The normalized spacial score (nSPS) is 13.0. The molecule has 0 N–H and O–H groups in total. The van der Waals surface area contributed by atoms with Gasteiger partial charge in [0.2, 0.25) is 5.89 Å². The first-order valence-corrected chi connectivity index (χ1v) is 11.7. The summed E-state index contributed by atoms with van der Waals surface area (Å²) in [6.07, 6.45) is 3.09. The van der Waals surface area contributed by atoms with Gasteiger partial charge in [-0.3, -0.25) is 4.79 Å². The lowest BCUT2D eigenvalue weighted by atomic mass is 10.0. The largest absolute Gasteiger partial charge is 0.493 e. The molecule has 6 heteroatoms. The minimum Gasteiger partial charge on any atom is -0.493 e. The van der Waals surface area contributed by atoms with Crippen LogP contribution in [-0.2, 0) is 22.4 Å². The van der Waals surface area contributed by atoms with Crippen molar-refractivity contribution in [1.29, 1.82) is 0 Å². The molecule has 0 saturated heterocycles. The fraction of sp³-hybridized carbons (Fsp3) is 0.407. The van der Waals surface area contributed by atoms with Gasteiger partial charge in [-0.2, -0.15) is 0 Å². The molecule has 0 spiro atoms. The predicted octanol–water partition coefficient (Wildman–Crippen LogP) is 5.29. The zero-order valence-electron chi connectivity index (χ0n) is 19.7. The quantitative estimate of drug-likeness (QED) is 0.415. The van der Waals surface area contributed by atoms with Crippen LogP contribution in [0.1, 0.15) is 42.3 Å². The molecule has 33 heavy (non-hydrogen) atoms. The Labute approximate surface area is 195 Å². The lowest BCUT2D eigenvalue weighted by Crippen LogP contribution is -2.32. The number of rotatable bonds is 9. The molecule has 174 valence electrons. The Kier molecular flexibility index (Phi) is 7.33. The lowest BCUT2D eigenvalue weighted by molar-refractivity contribution is -0.142. The Morgan fingerprint density at radius 3 is 2.76 bits per heavy atom. The number of carbonyl (C=O) groups excluding carboxylic acids is 1. The summed E-state index contributed by atoms with van der Waals surface area (Å²) in [5.41, 5.74) is 5.48. The van der Waals surface area contributed by atoms with E-state index >= 15 is 0 Å². The molecule has 4 rings (SSSR count). The molecule has 1 aliphatic heterocycles. The second-order valence-corrected chi connectivity index (χ2v) is 8.39. The highest BCUT2D eigenvalue weighted by atomic mass is 16.5. The average molecular weight is 449 g/mol. The van der Waals surface area contributed by atoms with Gasteiger partial charge in [0.05, 0.1) is 25.3 Å². The zero-order chi connectivity index (χ0) is 23.2. The molecule has 1 aromatic heterocycles. The van der Waals surface area contributed by atoms with E-state index in [4.69, 9.17) is 18.9 Å². The van der Waals surface area contributed by atoms with Crippen LogP contribution in [0, 0.1) is 13.8 Å². The van der Waals surface area contributed by atoms with E-state index in [-0.39, 0.29) is 5.97 Å². The van der Waals surface area contributed by atoms with Gasteiger partial charge in [-0.05, 0) is 57.9 Å². The highest BCUT2D eigenvalue weighted by molar-refractivity contribution is 5.71. The van der Waals surface area contributed by atoms with E-state index in [2.05, 4.69) is 30.0 Å². The number of esters is 1. The summed E-state index contributed by atoms with van der Waals surface area (Å²) < 4.78 is 17.2. The van der Waals surface area contributed by atoms with Crippen molar-refractivity contribution in [3.8, 4) is 17.2 Å². The number of benzene rings is 2. The molecule has 0 aliphatic carbocycles. The van der Waals surface area contributed by atoms with Gasteiger partial charge in [0.15, 0.2) is 0 Å². The van der Waals surface area contributed by atoms with Crippen LogP contribution in [0.25, 0.3) is 11.5 Å². The summed E-state index contributed by atoms with van der Waals surface area (Å²) in [4.78, 5) is 18.7. The molecule has 0 radical (unpaired) electrons. The zero-order valence-corrected chi connectivity index (χ0v) is 19.7. The number of fused-ring (bicyclic) bond motifs is 1. The topological polar surface area (TPSA) is 64.8 Å². The molecule has 0 fully saturated rings. The maximum absolute atomic E-state index is 11.8. The predicted molar refractivity (Wildman–Crippen MR) is 129 cm³/mol. The highest BCUT2D eigenvalue weighted by Gasteiger charge is 2.21. The van der Waals surface area contributed by atoms with Crippen LogP contribution < -0.4 is 9.64 Å². The number of nitrogens with zero attached hydrogens (tertiary/aromatic N) is 2. The number of carbonyl (C=O) groups is 1. The minimum absolute atomic E-state index is 0.148. The average Bonchev–Trinajstić information content (AvgIpc) is 3.19. The number of oxazole rings is 1. The Balaban J connectivity index is 1.39. The van der Waals surface area contributed by atoms with Gasteiger partial charge in [-0.15, -0.1) is 0 Å². The molecule has 2 aromatic carbocycles. The van der Waals surface area contributed by atoms with Crippen molar-refractivity contribution < 1.29 is 18.7 Å². The summed E-state index contributed by atoms with van der Waals surface area (Å²) in [5, 5.41) is 0. The maximum Gasteiger partial charge on any atom is 0.307 e. The molecule has 0 amide bonds. The molecule has 6 nitrogen and oxygen atoms in total. The van der Waals surface area contributed by atoms with E-state index in [1.165, 1.54) is 11.1 Å².